The number of benzene rings is 2. The van der Waals surface area contributed by atoms with Crippen molar-refractivity contribution in [2.45, 2.75) is 13.0 Å². The first-order valence-corrected chi connectivity index (χ1v) is 7.88. The summed E-state index contributed by atoms with van der Waals surface area (Å²) < 4.78 is 15.4. The van der Waals surface area contributed by atoms with Gasteiger partial charge < -0.3 is 19.5 Å². The van der Waals surface area contributed by atoms with Crippen molar-refractivity contribution in [2.75, 3.05) is 19.0 Å². The molecule has 132 valence electrons. The van der Waals surface area contributed by atoms with Crippen LogP contribution in [0.4, 0.5) is 5.69 Å². The monoisotopic (exact) mass is 363 g/mol. The molecule has 6 nitrogen and oxygen atoms in total. The Kier molecular flexibility index (Phi) is 6.65. The highest BCUT2D eigenvalue weighted by Crippen LogP contribution is 2.17. The van der Waals surface area contributed by atoms with Crippen LogP contribution in [0.1, 0.15) is 6.92 Å². The normalized spacial score (nSPS) is 11.3. The first-order valence-electron chi connectivity index (χ1n) is 7.50. The zero-order valence-corrected chi connectivity index (χ0v) is 14.6. The minimum absolute atomic E-state index is 0.304. The topological polar surface area (TPSA) is 73.9 Å². The lowest BCUT2D eigenvalue weighted by molar-refractivity contribution is -0.155. The molecule has 0 aliphatic rings. The number of amides is 1. The Morgan fingerprint density at radius 3 is 2.44 bits per heavy atom. The number of carbonyl (C=O) groups excluding carboxylic acids is 2. The molecule has 0 bridgehead atoms. The molecule has 0 saturated heterocycles. The first-order chi connectivity index (χ1) is 12.0. The standard InChI is InChI=1S/C18H18ClNO5/c1-12(18(22)20-14-5-3-4-13(19)10-14)25-17(21)11-24-16-8-6-15(23-2)7-9-16/h3-10,12H,11H2,1-2H3,(H,20,22)/t12-/m1/s1. The molecule has 0 spiro atoms. The molecular weight excluding hydrogens is 346 g/mol. The number of ether oxygens (including phenoxy) is 3. The Bertz CT molecular complexity index is 733. The smallest absolute Gasteiger partial charge is 0.344 e. The number of methoxy groups -OCH3 is 1. The molecule has 2 aromatic rings. The summed E-state index contributed by atoms with van der Waals surface area (Å²) in [5.74, 6) is 0.0691. The fourth-order valence-electron chi connectivity index (χ4n) is 1.91. The van der Waals surface area contributed by atoms with E-state index in [1.54, 1.807) is 55.6 Å². The average Bonchev–Trinajstić information content (AvgIpc) is 2.60. The molecule has 0 unspecified atom stereocenters. The summed E-state index contributed by atoms with van der Waals surface area (Å²) in [7, 11) is 1.56. The second kappa shape index (κ2) is 8.94. The summed E-state index contributed by atoms with van der Waals surface area (Å²) in [6, 6.07) is 13.4. The van der Waals surface area contributed by atoms with Gasteiger partial charge in [0.2, 0.25) is 0 Å². The van der Waals surface area contributed by atoms with E-state index in [0.29, 0.717) is 22.2 Å². The predicted octanol–water partition coefficient (Wildman–Crippen LogP) is 3.30. The predicted molar refractivity (Wildman–Crippen MR) is 94.1 cm³/mol. The SMILES string of the molecule is COc1ccc(OCC(=O)O[C@H](C)C(=O)Nc2cccc(Cl)c2)cc1. The summed E-state index contributed by atoms with van der Waals surface area (Å²) in [5.41, 5.74) is 0.523. The van der Waals surface area contributed by atoms with Crippen LogP contribution >= 0.6 is 11.6 Å². The molecule has 0 aliphatic carbocycles. The van der Waals surface area contributed by atoms with Gasteiger partial charge in [-0.25, -0.2) is 4.79 Å². The summed E-state index contributed by atoms with van der Waals surface area (Å²) in [4.78, 5) is 23.8. The zero-order valence-electron chi connectivity index (χ0n) is 13.8. The zero-order chi connectivity index (χ0) is 18.2. The molecular formula is C18H18ClNO5. The number of esters is 1. The van der Waals surface area contributed by atoms with Crippen molar-refractivity contribution < 1.29 is 23.8 Å². The third-order valence-corrected chi connectivity index (χ3v) is 3.42. The van der Waals surface area contributed by atoms with Crippen molar-refractivity contribution in [3.05, 3.63) is 53.6 Å². The van der Waals surface area contributed by atoms with Crippen LogP contribution in [0.2, 0.25) is 5.02 Å². The maximum Gasteiger partial charge on any atom is 0.344 e. The average molecular weight is 364 g/mol. The van der Waals surface area contributed by atoms with Gasteiger partial charge in [-0.3, -0.25) is 4.79 Å². The second-order valence-corrected chi connectivity index (χ2v) is 5.53. The van der Waals surface area contributed by atoms with E-state index >= 15 is 0 Å². The van der Waals surface area contributed by atoms with Gasteiger partial charge in [-0.05, 0) is 49.4 Å². The molecule has 25 heavy (non-hydrogen) atoms. The Morgan fingerprint density at radius 2 is 1.80 bits per heavy atom. The number of hydrogen-bond donors (Lipinski definition) is 1. The summed E-state index contributed by atoms with van der Waals surface area (Å²) in [6.45, 7) is 1.17. The van der Waals surface area contributed by atoms with Gasteiger partial charge >= 0.3 is 5.97 Å². The lowest BCUT2D eigenvalue weighted by Gasteiger charge is -2.14. The van der Waals surface area contributed by atoms with Crippen LogP contribution in [-0.2, 0) is 14.3 Å². The third-order valence-electron chi connectivity index (χ3n) is 3.19. The van der Waals surface area contributed by atoms with Gasteiger partial charge in [-0.15, -0.1) is 0 Å². The molecule has 7 heteroatoms. The lowest BCUT2D eigenvalue weighted by atomic mass is 10.3. The molecule has 0 aliphatic heterocycles. The van der Waals surface area contributed by atoms with Crippen molar-refractivity contribution in [3.8, 4) is 11.5 Å². The third kappa shape index (κ3) is 6.00. The molecule has 2 rings (SSSR count). The van der Waals surface area contributed by atoms with Gasteiger partial charge in [-0.1, -0.05) is 17.7 Å². The van der Waals surface area contributed by atoms with Crippen molar-refractivity contribution >= 4 is 29.2 Å². The van der Waals surface area contributed by atoms with Crippen LogP contribution < -0.4 is 14.8 Å². The number of anilines is 1. The highest BCUT2D eigenvalue weighted by Gasteiger charge is 2.18. The Morgan fingerprint density at radius 1 is 1.12 bits per heavy atom. The number of carbonyl (C=O) groups is 2. The van der Waals surface area contributed by atoms with Crippen LogP contribution in [-0.4, -0.2) is 31.7 Å². The van der Waals surface area contributed by atoms with Crippen LogP contribution in [0.5, 0.6) is 11.5 Å². The van der Waals surface area contributed by atoms with E-state index in [1.165, 1.54) is 6.92 Å². The molecule has 1 N–H and O–H groups in total. The van der Waals surface area contributed by atoms with E-state index in [-0.39, 0.29) is 6.61 Å². The molecule has 0 heterocycles. The van der Waals surface area contributed by atoms with Gasteiger partial charge in [0.05, 0.1) is 7.11 Å². The van der Waals surface area contributed by atoms with Gasteiger partial charge in [0.25, 0.3) is 5.91 Å². The van der Waals surface area contributed by atoms with Crippen molar-refractivity contribution in [1.29, 1.82) is 0 Å². The number of halogens is 1. The summed E-state index contributed by atoms with van der Waals surface area (Å²) in [6.07, 6.45) is -0.967. The van der Waals surface area contributed by atoms with Gasteiger partial charge in [0, 0.05) is 10.7 Å². The highest BCUT2D eigenvalue weighted by molar-refractivity contribution is 6.30. The largest absolute Gasteiger partial charge is 0.497 e. The highest BCUT2D eigenvalue weighted by atomic mass is 35.5. The van der Waals surface area contributed by atoms with Crippen LogP contribution in [0.3, 0.4) is 0 Å². The Balaban J connectivity index is 1.79. The minimum atomic E-state index is -0.967. The molecule has 0 saturated carbocycles. The Hall–Kier alpha value is -2.73. The number of nitrogens with one attached hydrogen (secondary N) is 1. The fourth-order valence-corrected chi connectivity index (χ4v) is 2.10. The molecule has 0 fully saturated rings. The Labute approximate surface area is 150 Å². The molecule has 0 radical (unpaired) electrons. The first kappa shape index (κ1) is 18.6. The van der Waals surface area contributed by atoms with Crippen LogP contribution in [0.25, 0.3) is 0 Å². The number of rotatable bonds is 7. The maximum absolute atomic E-state index is 12.0. The van der Waals surface area contributed by atoms with Crippen LogP contribution in [0, 0.1) is 0 Å². The molecule has 0 aromatic heterocycles. The van der Waals surface area contributed by atoms with E-state index in [9.17, 15) is 9.59 Å². The number of hydrogen-bond acceptors (Lipinski definition) is 5. The quantitative estimate of drug-likeness (QED) is 0.764. The van der Waals surface area contributed by atoms with E-state index < -0.39 is 18.0 Å². The van der Waals surface area contributed by atoms with E-state index in [1.807, 2.05) is 0 Å². The van der Waals surface area contributed by atoms with Crippen molar-refractivity contribution in [3.63, 3.8) is 0 Å². The van der Waals surface area contributed by atoms with Crippen molar-refractivity contribution in [1.82, 2.24) is 0 Å². The van der Waals surface area contributed by atoms with Crippen LogP contribution in [0.15, 0.2) is 48.5 Å². The minimum Gasteiger partial charge on any atom is -0.497 e. The second-order valence-electron chi connectivity index (χ2n) is 5.10. The van der Waals surface area contributed by atoms with Gasteiger partial charge in [-0.2, -0.15) is 0 Å². The lowest BCUT2D eigenvalue weighted by Crippen LogP contribution is -2.31. The van der Waals surface area contributed by atoms with Gasteiger partial charge in [0.15, 0.2) is 12.7 Å². The van der Waals surface area contributed by atoms with E-state index in [0.717, 1.165) is 0 Å². The fraction of sp³-hybridized carbons (Fsp3) is 0.222. The van der Waals surface area contributed by atoms with Crippen molar-refractivity contribution in [2.24, 2.45) is 0 Å². The summed E-state index contributed by atoms with van der Waals surface area (Å²) in [5, 5.41) is 3.11. The van der Waals surface area contributed by atoms with Gasteiger partial charge in [0.1, 0.15) is 11.5 Å². The summed E-state index contributed by atoms with van der Waals surface area (Å²) >= 11 is 5.85. The molecule has 1 amide bonds. The van der Waals surface area contributed by atoms with E-state index in [4.69, 9.17) is 25.8 Å². The maximum atomic E-state index is 12.0. The van der Waals surface area contributed by atoms with E-state index in [2.05, 4.69) is 5.32 Å². The molecule has 1 atom stereocenters. The molecule has 2 aromatic carbocycles.